The van der Waals surface area contributed by atoms with Crippen molar-refractivity contribution in [2.45, 2.75) is 6.42 Å². The molecule has 0 saturated carbocycles. The summed E-state index contributed by atoms with van der Waals surface area (Å²) in [5.41, 5.74) is 0.971. The van der Waals surface area contributed by atoms with Crippen LogP contribution in [0.2, 0.25) is 0 Å². The summed E-state index contributed by atoms with van der Waals surface area (Å²) in [4.78, 5) is 0. The Morgan fingerprint density at radius 3 is 2.43 bits per heavy atom. The van der Waals surface area contributed by atoms with Gasteiger partial charge in [0.05, 0.1) is 12.9 Å². The number of ether oxygens (including phenoxy) is 2. The normalized spacial score (nSPS) is 11.2. The van der Waals surface area contributed by atoms with Crippen LogP contribution in [0.5, 0.6) is 11.5 Å². The second-order valence-corrected chi connectivity index (χ2v) is 6.86. The van der Waals surface area contributed by atoms with Crippen molar-refractivity contribution in [1.82, 2.24) is 4.72 Å². The molecule has 0 aliphatic carbocycles. The van der Waals surface area contributed by atoms with E-state index in [0.717, 1.165) is 11.3 Å². The summed E-state index contributed by atoms with van der Waals surface area (Å²) in [7, 11) is -1.76. The number of benzene rings is 2. The van der Waals surface area contributed by atoms with Gasteiger partial charge in [0.1, 0.15) is 18.1 Å². The number of para-hydroxylation sites is 2. The third-order valence-electron chi connectivity index (χ3n) is 3.27. The molecule has 0 atom stereocenters. The highest BCUT2D eigenvalue weighted by Crippen LogP contribution is 2.17. The zero-order valence-electron chi connectivity index (χ0n) is 13.1. The monoisotopic (exact) mass is 335 g/mol. The van der Waals surface area contributed by atoms with E-state index in [-0.39, 0.29) is 12.4 Å². The number of hydrogen-bond acceptors (Lipinski definition) is 4. The molecule has 0 aliphatic heterocycles. The molecule has 0 aromatic heterocycles. The van der Waals surface area contributed by atoms with Crippen LogP contribution in [-0.4, -0.2) is 34.4 Å². The van der Waals surface area contributed by atoms with Gasteiger partial charge in [0.15, 0.2) is 0 Å². The average molecular weight is 335 g/mol. The molecule has 2 aromatic rings. The Balaban J connectivity index is 1.75. The Morgan fingerprint density at radius 1 is 1.00 bits per heavy atom. The van der Waals surface area contributed by atoms with Crippen LogP contribution in [0.4, 0.5) is 0 Å². The number of hydrogen-bond donors (Lipinski definition) is 1. The van der Waals surface area contributed by atoms with E-state index in [9.17, 15) is 8.42 Å². The first-order valence-corrected chi connectivity index (χ1v) is 9.03. The highest BCUT2D eigenvalue weighted by atomic mass is 32.2. The van der Waals surface area contributed by atoms with Gasteiger partial charge in [-0.15, -0.1) is 0 Å². The second kappa shape index (κ2) is 8.55. The first-order chi connectivity index (χ1) is 11.1. The van der Waals surface area contributed by atoms with E-state index in [0.29, 0.717) is 18.7 Å². The summed E-state index contributed by atoms with van der Waals surface area (Å²) in [6.45, 7) is 0.446. The van der Waals surface area contributed by atoms with E-state index < -0.39 is 10.0 Å². The molecule has 0 amide bonds. The fourth-order valence-corrected chi connectivity index (χ4v) is 2.97. The minimum atomic E-state index is -3.36. The fraction of sp³-hybridized carbons (Fsp3) is 0.294. The quantitative estimate of drug-likeness (QED) is 0.763. The summed E-state index contributed by atoms with van der Waals surface area (Å²) in [6, 6.07) is 16.7. The van der Waals surface area contributed by atoms with Gasteiger partial charge in [-0.1, -0.05) is 36.4 Å². The molecule has 6 heteroatoms. The molecule has 5 nitrogen and oxygen atoms in total. The molecule has 23 heavy (non-hydrogen) atoms. The molecule has 0 spiro atoms. The summed E-state index contributed by atoms with van der Waals surface area (Å²) in [5.74, 6) is 1.35. The zero-order valence-corrected chi connectivity index (χ0v) is 13.9. The second-order valence-electron chi connectivity index (χ2n) is 4.94. The lowest BCUT2D eigenvalue weighted by Gasteiger charge is -2.10. The lowest BCUT2D eigenvalue weighted by Crippen LogP contribution is -2.30. The van der Waals surface area contributed by atoms with Crippen LogP contribution >= 0.6 is 0 Å². The molecular weight excluding hydrogens is 314 g/mol. The Morgan fingerprint density at radius 2 is 1.70 bits per heavy atom. The van der Waals surface area contributed by atoms with Crippen LogP contribution in [0.1, 0.15) is 5.56 Å². The predicted molar refractivity (Wildman–Crippen MR) is 90.4 cm³/mol. The number of methoxy groups -OCH3 is 1. The molecule has 0 heterocycles. The van der Waals surface area contributed by atoms with Gasteiger partial charge in [0, 0.05) is 6.54 Å². The van der Waals surface area contributed by atoms with E-state index in [4.69, 9.17) is 9.47 Å². The van der Waals surface area contributed by atoms with Crippen LogP contribution < -0.4 is 14.2 Å². The van der Waals surface area contributed by atoms with Crippen molar-refractivity contribution in [2.24, 2.45) is 0 Å². The molecule has 0 unspecified atom stereocenters. The zero-order chi connectivity index (χ0) is 16.5. The SMILES string of the molecule is COc1ccccc1CCNS(=O)(=O)CCOc1ccccc1. The van der Waals surface area contributed by atoms with Crippen molar-refractivity contribution in [2.75, 3.05) is 26.0 Å². The fourth-order valence-electron chi connectivity index (χ4n) is 2.11. The number of nitrogens with one attached hydrogen (secondary N) is 1. The minimum absolute atomic E-state index is 0.0756. The molecule has 1 N–H and O–H groups in total. The lowest BCUT2D eigenvalue weighted by molar-refractivity contribution is 0.340. The van der Waals surface area contributed by atoms with E-state index >= 15 is 0 Å². The van der Waals surface area contributed by atoms with E-state index in [1.165, 1.54) is 0 Å². The van der Waals surface area contributed by atoms with E-state index in [1.54, 1.807) is 19.2 Å². The smallest absolute Gasteiger partial charge is 0.214 e. The molecule has 0 saturated heterocycles. The van der Waals surface area contributed by atoms with E-state index in [1.807, 2.05) is 42.5 Å². The predicted octanol–water partition coefficient (Wildman–Crippen LogP) is 2.24. The third-order valence-corrected chi connectivity index (χ3v) is 4.62. The topological polar surface area (TPSA) is 64.6 Å². The van der Waals surface area contributed by atoms with Crippen molar-refractivity contribution >= 4 is 10.0 Å². The molecule has 0 bridgehead atoms. The molecule has 0 radical (unpaired) electrons. The molecule has 0 fully saturated rings. The van der Waals surface area contributed by atoms with Gasteiger partial charge in [-0.2, -0.15) is 0 Å². The van der Waals surface area contributed by atoms with Gasteiger partial charge in [0.2, 0.25) is 10.0 Å². The Kier molecular flexibility index (Phi) is 6.43. The number of sulfonamides is 1. The molecule has 2 aromatic carbocycles. The minimum Gasteiger partial charge on any atom is -0.496 e. The first-order valence-electron chi connectivity index (χ1n) is 7.38. The largest absolute Gasteiger partial charge is 0.496 e. The van der Waals surface area contributed by atoms with Crippen molar-refractivity contribution in [1.29, 1.82) is 0 Å². The van der Waals surface area contributed by atoms with Gasteiger partial charge in [-0.05, 0) is 30.2 Å². The van der Waals surface area contributed by atoms with Crippen molar-refractivity contribution in [3.63, 3.8) is 0 Å². The van der Waals surface area contributed by atoms with Gasteiger partial charge < -0.3 is 9.47 Å². The van der Waals surface area contributed by atoms with Crippen LogP contribution in [0, 0.1) is 0 Å². The van der Waals surface area contributed by atoms with Gasteiger partial charge in [-0.3, -0.25) is 0 Å². The maximum absolute atomic E-state index is 11.9. The lowest BCUT2D eigenvalue weighted by atomic mass is 10.1. The number of rotatable bonds is 9. The Labute approximate surface area is 137 Å². The van der Waals surface area contributed by atoms with Gasteiger partial charge in [-0.25, -0.2) is 13.1 Å². The third kappa shape index (κ3) is 5.92. The van der Waals surface area contributed by atoms with Crippen LogP contribution in [0.3, 0.4) is 0 Å². The maximum Gasteiger partial charge on any atom is 0.214 e. The maximum atomic E-state index is 11.9. The Bertz CT molecular complexity index is 702. The highest BCUT2D eigenvalue weighted by molar-refractivity contribution is 7.89. The molecule has 2 rings (SSSR count). The van der Waals surface area contributed by atoms with Gasteiger partial charge >= 0.3 is 0 Å². The average Bonchev–Trinajstić information content (AvgIpc) is 2.56. The van der Waals surface area contributed by atoms with Crippen LogP contribution in [-0.2, 0) is 16.4 Å². The van der Waals surface area contributed by atoms with Crippen molar-refractivity contribution < 1.29 is 17.9 Å². The summed E-state index contributed by atoms with van der Waals surface area (Å²) in [6.07, 6.45) is 0.572. The van der Waals surface area contributed by atoms with Crippen molar-refractivity contribution in [3.05, 3.63) is 60.2 Å². The summed E-state index contributed by atoms with van der Waals surface area (Å²) < 4.78 is 37.1. The summed E-state index contributed by atoms with van der Waals surface area (Å²) >= 11 is 0. The van der Waals surface area contributed by atoms with Crippen molar-refractivity contribution in [3.8, 4) is 11.5 Å². The molecule has 124 valence electrons. The Hall–Kier alpha value is -2.05. The standard InChI is InChI=1S/C17H21NO4S/c1-21-17-10-6-5-7-15(17)11-12-18-23(19,20)14-13-22-16-8-3-2-4-9-16/h2-10,18H,11-14H2,1H3. The van der Waals surface area contributed by atoms with E-state index in [2.05, 4.69) is 4.72 Å². The van der Waals surface area contributed by atoms with Crippen LogP contribution in [0.25, 0.3) is 0 Å². The first kappa shape index (κ1) is 17.3. The summed E-state index contributed by atoms with van der Waals surface area (Å²) in [5, 5.41) is 0. The van der Waals surface area contributed by atoms with Crippen LogP contribution in [0.15, 0.2) is 54.6 Å². The van der Waals surface area contributed by atoms with Gasteiger partial charge in [0.25, 0.3) is 0 Å². The molecular formula is C17H21NO4S. The molecule has 0 aliphatic rings. The highest BCUT2D eigenvalue weighted by Gasteiger charge is 2.10.